The van der Waals surface area contributed by atoms with E-state index in [1.54, 1.807) is 12.1 Å². The zero-order valence-corrected chi connectivity index (χ0v) is 11.2. The minimum Gasteiger partial charge on any atom is -0.494 e. The first kappa shape index (κ1) is 13.9. The predicted octanol–water partition coefficient (Wildman–Crippen LogP) is 2.79. The summed E-state index contributed by atoms with van der Waals surface area (Å²) in [5.41, 5.74) is 1.66. The molecule has 5 heteroatoms. The van der Waals surface area contributed by atoms with Gasteiger partial charge in [-0.3, -0.25) is 0 Å². The summed E-state index contributed by atoms with van der Waals surface area (Å²) in [4.78, 5) is 14.9. The molecule has 0 aliphatic carbocycles. The van der Waals surface area contributed by atoms with Crippen LogP contribution in [0.15, 0.2) is 42.5 Å². The van der Waals surface area contributed by atoms with E-state index in [4.69, 9.17) is 9.84 Å². The second kappa shape index (κ2) is 6.56. The predicted molar refractivity (Wildman–Crippen MR) is 76.1 cm³/mol. The number of anilines is 1. The number of aromatic nitrogens is 1. The van der Waals surface area contributed by atoms with Crippen LogP contribution in [0.5, 0.6) is 5.75 Å². The Morgan fingerprint density at radius 3 is 2.65 bits per heavy atom. The van der Waals surface area contributed by atoms with Crippen molar-refractivity contribution in [1.82, 2.24) is 4.98 Å². The zero-order chi connectivity index (χ0) is 14.4. The molecule has 0 fully saturated rings. The molecule has 1 aromatic heterocycles. The number of aromatic carboxylic acids is 1. The summed E-state index contributed by atoms with van der Waals surface area (Å²) in [5.74, 6) is -0.197. The monoisotopic (exact) mass is 272 g/mol. The highest BCUT2D eigenvalue weighted by atomic mass is 16.5. The number of nitrogens with one attached hydrogen (secondary N) is 1. The van der Waals surface area contributed by atoms with Crippen molar-refractivity contribution in [3.63, 3.8) is 0 Å². The van der Waals surface area contributed by atoms with Crippen molar-refractivity contribution in [1.29, 1.82) is 0 Å². The normalized spacial score (nSPS) is 10.1. The minimum absolute atomic E-state index is 0.0518. The van der Waals surface area contributed by atoms with Crippen molar-refractivity contribution in [2.75, 3.05) is 11.9 Å². The standard InChI is InChI=1S/C15H16N2O3/c1-2-20-13-8-6-11(7-9-13)16-10-12-4-3-5-14(17-12)15(18)19/h3-9,16H,2,10H2,1H3,(H,18,19). The lowest BCUT2D eigenvalue weighted by molar-refractivity contribution is 0.0690. The Kier molecular flexibility index (Phi) is 4.55. The molecule has 0 aliphatic rings. The van der Waals surface area contributed by atoms with Gasteiger partial charge in [0.15, 0.2) is 0 Å². The minimum atomic E-state index is -1.02. The number of benzene rings is 1. The van der Waals surface area contributed by atoms with Gasteiger partial charge in [-0.25, -0.2) is 9.78 Å². The number of carboxylic acid groups (broad SMARTS) is 1. The van der Waals surface area contributed by atoms with Crippen molar-refractivity contribution in [2.45, 2.75) is 13.5 Å². The Hall–Kier alpha value is -2.56. The van der Waals surface area contributed by atoms with E-state index < -0.39 is 5.97 Å². The maximum absolute atomic E-state index is 10.8. The first-order valence-electron chi connectivity index (χ1n) is 6.35. The maximum Gasteiger partial charge on any atom is 0.354 e. The number of carbonyl (C=O) groups is 1. The van der Waals surface area contributed by atoms with E-state index in [-0.39, 0.29) is 5.69 Å². The number of hydrogen-bond donors (Lipinski definition) is 2. The molecular formula is C15H16N2O3. The van der Waals surface area contributed by atoms with E-state index in [9.17, 15) is 4.79 Å². The summed E-state index contributed by atoms with van der Waals surface area (Å²) in [6, 6.07) is 12.5. The third-order valence-electron chi connectivity index (χ3n) is 2.66. The number of carboxylic acids is 1. The van der Waals surface area contributed by atoms with Crippen LogP contribution in [0, 0.1) is 0 Å². The molecule has 0 aliphatic heterocycles. The third kappa shape index (κ3) is 3.71. The van der Waals surface area contributed by atoms with Gasteiger partial charge >= 0.3 is 5.97 Å². The van der Waals surface area contributed by atoms with E-state index in [1.165, 1.54) is 6.07 Å². The molecule has 2 rings (SSSR count). The fraction of sp³-hybridized carbons (Fsp3) is 0.200. The summed E-state index contributed by atoms with van der Waals surface area (Å²) < 4.78 is 5.36. The van der Waals surface area contributed by atoms with E-state index >= 15 is 0 Å². The van der Waals surface area contributed by atoms with Gasteiger partial charge in [0.1, 0.15) is 11.4 Å². The van der Waals surface area contributed by atoms with Crippen molar-refractivity contribution in [2.24, 2.45) is 0 Å². The van der Waals surface area contributed by atoms with Gasteiger partial charge in [-0.05, 0) is 43.3 Å². The molecular weight excluding hydrogens is 256 g/mol. The molecule has 5 nitrogen and oxygen atoms in total. The van der Waals surface area contributed by atoms with Gasteiger partial charge in [-0.15, -0.1) is 0 Å². The highest BCUT2D eigenvalue weighted by Crippen LogP contribution is 2.16. The zero-order valence-electron chi connectivity index (χ0n) is 11.2. The lowest BCUT2D eigenvalue weighted by atomic mass is 10.2. The highest BCUT2D eigenvalue weighted by Gasteiger charge is 2.04. The largest absolute Gasteiger partial charge is 0.494 e. The molecule has 0 radical (unpaired) electrons. The topological polar surface area (TPSA) is 71.5 Å². The smallest absolute Gasteiger partial charge is 0.354 e. The van der Waals surface area contributed by atoms with Crippen LogP contribution < -0.4 is 10.1 Å². The third-order valence-corrected chi connectivity index (χ3v) is 2.66. The number of ether oxygens (including phenoxy) is 1. The van der Waals surface area contributed by atoms with E-state index in [0.717, 1.165) is 11.4 Å². The second-order valence-electron chi connectivity index (χ2n) is 4.13. The Labute approximate surface area is 117 Å². The Bertz CT molecular complexity index is 582. The van der Waals surface area contributed by atoms with Crippen LogP contribution in [0.2, 0.25) is 0 Å². The number of hydrogen-bond acceptors (Lipinski definition) is 4. The molecule has 1 aromatic carbocycles. The fourth-order valence-electron chi connectivity index (χ4n) is 1.73. The maximum atomic E-state index is 10.8. The lowest BCUT2D eigenvalue weighted by Gasteiger charge is -2.08. The van der Waals surface area contributed by atoms with Crippen molar-refractivity contribution in [3.05, 3.63) is 53.9 Å². The van der Waals surface area contributed by atoms with Crippen LogP contribution in [-0.4, -0.2) is 22.7 Å². The molecule has 2 N–H and O–H groups in total. The summed E-state index contributed by atoms with van der Waals surface area (Å²) in [6.07, 6.45) is 0. The summed E-state index contributed by atoms with van der Waals surface area (Å²) >= 11 is 0. The van der Waals surface area contributed by atoms with Crippen LogP contribution in [0.1, 0.15) is 23.1 Å². The average Bonchev–Trinajstić information content (AvgIpc) is 2.47. The molecule has 2 aromatic rings. The van der Waals surface area contributed by atoms with Crippen LogP contribution in [0.4, 0.5) is 5.69 Å². The van der Waals surface area contributed by atoms with E-state index in [1.807, 2.05) is 31.2 Å². The molecule has 0 amide bonds. The SMILES string of the molecule is CCOc1ccc(NCc2cccc(C(=O)O)n2)cc1. The first-order chi connectivity index (χ1) is 9.69. The van der Waals surface area contributed by atoms with Gasteiger partial charge in [-0.2, -0.15) is 0 Å². The van der Waals surface area contributed by atoms with Crippen molar-refractivity contribution < 1.29 is 14.6 Å². The summed E-state index contributed by atoms with van der Waals surface area (Å²) in [5, 5.41) is 12.1. The van der Waals surface area contributed by atoms with Crippen LogP contribution in [-0.2, 0) is 6.54 Å². The molecule has 0 spiro atoms. The van der Waals surface area contributed by atoms with Crippen LogP contribution in [0.3, 0.4) is 0 Å². The molecule has 20 heavy (non-hydrogen) atoms. The molecule has 104 valence electrons. The first-order valence-corrected chi connectivity index (χ1v) is 6.35. The number of pyridine rings is 1. The molecule has 0 saturated heterocycles. The molecule has 0 unspecified atom stereocenters. The quantitative estimate of drug-likeness (QED) is 0.846. The highest BCUT2D eigenvalue weighted by molar-refractivity contribution is 5.85. The number of nitrogens with zero attached hydrogens (tertiary/aromatic N) is 1. The van der Waals surface area contributed by atoms with Gasteiger partial charge in [0, 0.05) is 5.69 Å². The summed E-state index contributed by atoms with van der Waals surface area (Å²) in [7, 11) is 0. The van der Waals surface area contributed by atoms with Crippen molar-refractivity contribution >= 4 is 11.7 Å². The van der Waals surface area contributed by atoms with E-state index in [2.05, 4.69) is 10.3 Å². The van der Waals surface area contributed by atoms with Crippen molar-refractivity contribution in [3.8, 4) is 5.75 Å². The van der Waals surface area contributed by atoms with Gasteiger partial charge in [-0.1, -0.05) is 6.07 Å². The average molecular weight is 272 g/mol. The van der Waals surface area contributed by atoms with Gasteiger partial charge in [0.2, 0.25) is 0 Å². The Balaban J connectivity index is 1.97. The van der Waals surface area contributed by atoms with Crippen LogP contribution >= 0.6 is 0 Å². The molecule has 0 saturated carbocycles. The molecule has 1 heterocycles. The summed E-state index contributed by atoms with van der Waals surface area (Å²) in [6.45, 7) is 3.04. The number of rotatable bonds is 6. The van der Waals surface area contributed by atoms with E-state index in [0.29, 0.717) is 18.8 Å². The van der Waals surface area contributed by atoms with Crippen LogP contribution in [0.25, 0.3) is 0 Å². The van der Waals surface area contributed by atoms with Gasteiger partial charge in [0.25, 0.3) is 0 Å². The fourth-order valence-corrected chi connectivity index (χ4v) is 1.73. The molecule has 0 atom stereocenters. The Morgan fingerprint density at radius 1 is 1.25 bits per heavy atom. The lowest BCUT2D eigenvalue weighted by Crippen LogP contribution is -2.06. The van der Waals surface area contributed by atoms with Gasteiger partial charge < -0.3 is 15.2 Å². The second-order valence-corrected chi connectivity index (χ2v) is 4.13. The Morgan fingerprint density at radius 2 is 2.00 bits per heavy atom. The molecule has 0 bridgehead atoms. The van der Waals surface area contributed by atoms with Gasteiger partial charge in [0.05, 0.1) is 18.8 Å².